The average Bonchev–Trinajstić information content (AvgIpc) is 2.27. The van der Waals surface area contributed by atoms with Crippen molar-refractivity contribution in [1.82, 2.24) is 0 Å². The summed E-state index contributed by atoms with van der Waals surface area (Å²) in [4.78, 5) is 10.1. The van der Waals surface area contributed by atoms with Crippen LogP contribution in [0, 0.1) is 15.5 Å². The summed E-state index contributed by atoms with van der Waals surface area (Å²) in [5.74, 6) is 0. The van der Waals surface area contributed by atoms with Crippen molar-refractivity contribution in [2.45, 2.75) is 20.3 Å². The van der Waals surface area contributed by atoms with Gasteiger partial charge in [-0.2, -0.15) is 0 Å². The molecule has 1 aromatic rings. The summed E-state index contributed by atoms with van der Waals surface area (Å²) in [6, 6.07) is 2.52. The van der Waals surface area contributed by atoms with Crippen LogP contribution in [0.5, 0.6) is 0 Å². The van der Waals surface area contributed by atoms with Crippen LogP contribution in [0.3, 0.4) is 0 Å². The number of anilines is 1. The molecule has 2 N–H and O–H groups in total. The lowest BCUT2D eigenvalue weighted by Gasteiger charge is -2.25. The minimum atomic E-state index is -0.544. The van der Waals surface area contributed by atoms with Gasteiger partial charge in [0.1, 0.15) is 0 Å². The standard InChI is InChI=1S/C12H16Cl2N2O3/c1-12(2,3-4-17)7-15-11-9(13)5-8(16(18)19)6-10(11)14/h5-6,15,17H,3-4,7H2,1-2H3. The zero-order valence-corrected chi connectivity index (χ0v) is 12.3. The summed E-state index contributed by atoms with van der Waals surface area (Å²) >= 11 is 12.0. The third-order valence-electron chi connectivity index (χ3n) is 2.77. The minimum Gasteiger partial charge on any atom is -0.396 e. The lowest BCUT2D eigenvalue weighted by Crippen LogP contribution is -2.24. The number of nitro groups is 1. The highest BCUT2D eigenvalue weighted by Gasteiger charge is 2.20. The molecular weight excluding hydrogens is 291 g/mol. The molecule has 106 valence electrons. The van der Waals surface area contributed by atoms with Crippen LogP contribution in [0.1, 0.15) is 20.3 Å². The second-order valence-corrected chi connectivity index (χ2v) is 5.85. The molecule has 0 aliphatic heterocycles. The first kappa shape index (κ1) is 16.0. The van der Waals surface area contributed by atoms with Crippen molar-refractivity contribution in [2.75, 3.05) is 18.5 Å². The number of rotatable bonds is 6. The predicted molar refractivity (Wildman–Crippen MR) is 77.1 cm³/mol. The highest BCUT2D eigenvalue weighted by Crippen LogP contribution is 2.35. The molecule has 5 nitrogen and oxygen atoms in total. The zero-order valence-electron chi connectivity index (χ0n) is 10.7. The van der Waals surface area contributed by atoms with Gasteiger partial charge in [0, 0.05) is 25.3 Å². The molecule has 0 radical (unpaired) electrons. The van der Waals surface area contributed by atoms with Crippen molar-refractivity contribution in [1.29, 1.82) is 0 Å². The Morgan fingerprint density at radius 2 is 1.89 bits per heavy atom. The maximum Gasteiger partial charge on any atom is 0.272 e. The summed E-state index contributed by atoms with van der Waals surface area (Å²) < 4.78 is 0. The van der Waals surface area contributed by atoms with E-state index in [1.807, 2.05) is 13.8 Å². The normalized spacial score (nSPS) is 11.4. The van der Waals surface area contributed by atoms with Gasteiger partial charge in [0.05, 0.1) is 20.7 Å². The van der Waals surface area contributed by atoms with Gasteiger partial charge >= 0.3 is 0 Å². The molecular formula is C12H16Cl2N2O3. The first-order valence-corrected chi connectivity index (χ1v) is 6.50. The number of nitrogens with one attached hydrogen (secondary N) is 1. The number of hydrogen-bond donors (Lipinski definition) is 2. The van der Waals surface area contributed by atoms with Crippen molar-refractivity contribution in [3.05, 3.63) is 32.3 Å². The fraction of sp³-hybridized carbons (Fsp3) is 0.500. The molecule has 0 aliphatic carbocycles. The molecule has 0 fully saturated rings. The second-order valence-electron chi connectivity index (χ2n) is 5.03. The van der Waals surface area contributed by atoms with Crippen molar-refractivity contribution in [3.63, 3.8) is 0 Å². The zero-order chi connectivity index (χ0) is 14.6. The summed E-state index contributed by atoms with van der Waals surface area (Å²) in [5, 5.41) is 23.1. The number of nitrogens with zero attached hydrogens (tertiary/aromatic N) is 1. The number of aliphatic hydroxyl groups is 1. The van der Waals surface area contributed by atoms with E-state index < -0.39 is 4.92 Å². The van der Waals surface area contributed by atoms with Crippen molar-refractivity contribution in [2.24, 2.45) is 5.41 Å². The molecule has 0 amide bonds. The van der Waals surface area contributed by atoms with Crippen molar-refractivity contribution < 1.29 is 10.0 Å². The topological polar surface area (TPSA) is 75.4 Å². The number of benzene rings is 1. The molecule has 0 aliphatic rings. The van der Waals surface area contributed by atoms with E-state index in [1.54, 1.807) is 0 Å². The van der Waals surface area contributed by atoms with Gasteiger partial charge < -0.3 is 10.4 Å². The Morgan fingerprint density at radius 1 is 1.37 bits per heavy atom. The Kier molecular flexibility index (Phi) is 5.40. The summed E-state index contributed by atoms with van der Waals surface area (Å²) in [6.07, 6.45) is 0.627. The van der Waals surface area contributed by atoms with E-state index >= 15 is 0 Å². The summed E-state index contributed by atoms with van der Waals surface area (Å²) in [5.41, 5.74) is 0.193. The fourth-order valence-electron chi connectivity index (χ4n) is 1.55. The molecule has 1 aromatic carbocycles. The van der Waals surface area contributed by atoms with E-state index in [0.717, 1.165) is 0 Å². The molecule has 0 aromatic heterocycles. The molecule has 0 saturated heterocycles. The van der Waals surface area contributed by atoms with Gasteiger partial charge in [-0.3, -0.25) is 10.1 Å². The summed E-state index contributed by atoms with van der Waals surface area (Å²) in [7, 11) is 0. The van der Waals surface area contributed by atoms with E-state index in [9.17, 15) is 10.1 Å². The van der Waals surface area contributed by atoms with E-state index in [1.165, 1.54) is 12.1 Å². The lowest BCUT2D eigenvalue weighted by molar-refractivity contribution is -0.384. The molecule has 0 saturated carbocycles. The van der Waals surface area contributed by atoms with E-state index in [2.05, 4.69) is 5.32 Å². The van der Waals surface area contributed by atoms with Crippen molar-refractivity contribution >= 4 is 34.6 Å². The van der Waals surface area contributed by atoms with Crippen molar-refractivity contribution in [3.8, 4) is 0 Å². The molecule has 0 unspecified atom stereocenters. The molecule has 0 heterocycles. The van der Waals surface area contributed by atoms with E-state index in [-0.39, 0.29) is 27.8 Å². The molecule has 1 rings (SSSR count). The lowest BCUT2D eigenvalue weighted by atomic mass is 9.89. The minimum absolute atomic E-state index is 0.0937. The van der Waals surface area contributed by atoms with Crippen LogP contribution in [0.4, 0.5) is 11.4 Å². The van der Waals surface area contributed by atoms with Gasteiger partial charge in [-0.25, -0.2) is 0 Å². The number of halogens is 2. The molecule has 19 heavy (non-hydrogen) atoms. The van der Waals surface area contributed by atoms with Gasteiger partial charge in [0.15, 0.2) is 0 Å². The smallest absolute Gasteiger partial charge is 0.272 e. The van der Waals surface area contributed by atoms with Crippen LogP contribution in [0.25, 0.3) is 0 Å². The van der Waals surface area contributed by atoms with E-state index in [4.69, 9.17) is 28.3 Å². The maximum absolute atomic E-state index is 10.7. The number of hydrogen-bond acceptors (Lipinski definition) is 4. The Hall–Kier alpha value is -1.04. The SMILES string of the molecule is CC(C)(CCO)CNc1c(Cl)cc([N+](=O)[O-])cc1Cl. The van der Waals surface area contributed by atoms with Crippen LogP contribution in [-0.2, 0) is 0 Å². The Labute approximate surface area is 121 Å². The average molecular weight is 307 g/mol. The highest BCUT2D eigenvalue weighted by molar-refractivity contribution is 6.39. The van der Waals surface area contributed by atoms with Gasteiger partial charge in [-0.15, -0.1) is 0 Å². The Bertz CT molecular complexity index is 455. The second kappa shape index (κ2) is 6.41. The molecule has 0 atom stereocenters. The highest BCUT2D eigenvalue weighted by atomic mass is 35.5. The molecule has 7 heteroatoms. The third kappa shape index (κ3) is 4.53. The maximum atomic E-state index is 10.7. The van der Waals surface area contributed by atoms with Gasteiger partial charge in [-0.1, -0.05) is 37.0 Å². The molecule has 0 bridgehead atoms. The number of nitro benzene ring substituents is 1. The molecule has 0 spiro atoms. The monoisotopic (exact) mass is 306 g/mol. The largest absolute Gasteiger partial charge is 0.396 e. The first-order valence-electron chi connectivity index (χ1n) is 5.75. The van der Waals surface area contributed by atoms with Crippen LogP contribution in [-0.4, -0.2) is 23.2 Å². The third-order valence-corrected chi connectivity index (χ3v) is 3.37. The fourth-order valence-corrected chi connectivity index (χ4v) is 2.16. The van der Waals surface area contributed by atoms with Crippen LogP contribution in [0.15, 0.2) is 12.1 Å². The van der Waals surface area contributed by atoms with Crippen LogP contribution < -0.4 is 5.32 Å². The van der Waals surface area contributed by atoms with Crippen LogP contribution >= 0.6 is 23.2 Å². The van der Waals surface area contributed by atoms with Gasteiger partial charge in [-0.05, 0) is 11.8 Å². The van der Waals surface area contributed by atoms with Gasteiger partial charge in [0.25, 0.3) is 5.69 Å². The van der Waals surface area contributed by atoms with E-state index in [0.29, 0.717) is 18.7 Å². The number of non-ortho nitro benzene ring substituents is 1. The number of aliphatic hydroxyl groups excluding tert-OH is 1. The van der Waals surface area contributed by atoms with Gasteiger partial charge in [0.2, 0.25) is 0 Å². The Morgan fingerprint density at radius 3 is 2.32 bits per heavy atom. The van der Waals surface area contributed by atoms with Crippen LogP contribution in [0.2, 0.25) is 10.0 Å². The quantitative estimate of drug-likeness (QED) is 0.620. The summed E-state index contributed by atoms with van der Waals surface area (Å²) in [6.45, 7) is 4.62. The Balaban J connectivity index is 2.88. The predicted octanol–water partition coefficient (Wildman–Crippen LogP) is 3.72. The first-order chi connectivity index (χ1) is 8.76.